The maximum Gasteiger partial charge on any atom is 0.247 e. The first-order chi connectivity index (χ1) is 15.1. The van der Waals surface area contributed by atoms with E-state index in [0.717, 1.165) is 25.0 Å². The van der Waals surface area contributed by atoms with Gasteiger partial charge in [-0.25, -0.2) is 0 Å². The molecule has 160 valence electrons. The zero-order chi connectivity index (χ0) is 21.8. The van der Waals surface area contributed by atoms with Crippen LogP contribution in [0.4, 0.5) is 5.69 Å². The van der Waals surface area contributed by atoms with Gasteiger partial charge in [-0.3, -0.25) is 9.69 Å². The Bertz CT molecular complexity index is 1090. The molecule has 4 rings (SSSR count). The minimum absolute atomic E-state index is 0.0378. The van der Waals surface area contributed by atoms with Gasteiger partial charge < -0.3 is 9.84 Å². The third-order valence-electron chi connectivity index (χ3n) is 5.03. The Hall–Kier alpha value is -3.13. The van der Waals surface area contributed by atoms with E-state index in [1.165, 1.54) is 23.6 Å². The van der Waals surface area contributed by atoms with Crippen molar-refractivity contribution in [2.45, 2.75) is 44.5 Å². The number of unbranched alkanes of at least 4 members (excludes halogenated alkanes) is 2. The van der Waals surface area contributed by atoms with E-state index in [4.69, 9.17) is 4.74 Å². The summed E-state index contributed by atoms with van der Waals surface area (Å²) in [5, 5.41) is 19.7. The van der Waals surface area contributed by atoms with Crippen molar-refractivity contribution in [3.8, 4) is 22.9 Å². The van der Waals surface area contributed by atoms with Gasteiger partial charge in [0.1, 0.15) is 5.75 Å². The molecule has 0 radical (unpaired) electrons. The summed E-state index contributed by atoms with van der Waals surface area (Å²) < 4.78 is 6.27. The lowest BCUT2D eigenvalue weighted by atomic mass is 10.1. The second-order valence-electron chi connectivity index (χ2n) is 7.24. The van der Waals surface area contributed by atoms with Gasteiger partial charge in [0.15, 0.2) is 5.69 Å². The van der Waals surface area contributed by atoms with Crippen molar-refractivity contribution in [2.75, 3.05) is 10.7 Å². The molecular formula is C23H24N4O3S. The number of anilines is 1. The summed E-state index contributed by atoms with van der Waals surface area (Å²) in [4.78, 5) is 18.9. The van der Waals surface area contributed by atoms with Crippen LogP contribution in [0.1, 0.15) is 44.9 Å². The molecule has 1 amide bonds. The third-order valence-corrected chi connectivity index (χ3v) is 5.96. The molecule has 1 aliphatic rings. The number of hydrogen-bond donors (Lipinski definition) is 1. The van der Waals surface area contributed by atoms with Crippen LogP contribution in [0, 0.1) is 0 Å². The molecule has 1 N–H and O–H groups in total. The molecule has 2 aromatic carbocycles. The van der Waals surface area contributed by atoms with Gasteiger partial charge >= 0.3 is 0 Å². The summed E-state index contributed by atoms with van der Waals surface area (Å²) in [6.07, 6.45) is 2.48. The predicted molar refractivity (Wildman–Crippen MR) is 120 cm³/mol. The summed E-state index contributed by atoms with van der Waals surface area (Å²) >= 11 is 1.53. The highest BCUT2D eigenvalue weighted by molar-refractivity contribution is 7.99. The first-order valence-corrected chi connectivity index (χ1v) is 11.3. The maximum atomic E-state index is 12.7. The van der Waals surface area contributed by atoms with Crippen molar-refractivity contribution in [2.24, 2.45) is 0 Å². The molecule has 0 aliphatic carbocycles. The number of fused-ring (bicyclic) bond motifs is 3. The van der Waals surface area contributed by atoms with Crippen molar-refractivity contribution < 1.29 is 14.6 Å². The Morgan fingerprint density at radius 1 is 1.13 bits per heavy atom. The van der Waals surface area contributed by atoms with E-state index in [9.17, 15) is 9.90 Å². The molecule has 0 saturated heterocycles. The summed E-state index contributed by atoms with van der Waals surface area (Å²) in [7, 11) is 0. The maximum absolute atomic E-state index is 12.7. The molecule has 7 nitrogen and oxygen atoms in total. The lowest BCUT2D eigenvalue weighted by Gasteiger charge is -2.30. The van der Waals surface area contributed by atoms with Crippen LogP contribution >= 0.6 is 11.8 Å². The van der Waals surface area contributed by atoms with Gasteiger partial charge in [0.25, 0.3) is 0 Å². The topological polar surface area (TPSA) is 88.4 Å². The van der Waals surface area contributed by atoms with Gasteiger partial charge in [-0.1, -0.05) is 61.9 Å². The van der Waals surface area contributed by atoms with Gasteiger partial charge in [-0.15, -0.1) is 10.2 Å². The molecule has 8 heteroatoms. The second kappa shape index (κ2) is 9.34. The van der Waals surface area contributed by atoms with Crippen molar-refractivity contribution >= 4 is 23.4 Å². The van der Waals surface area contributed by atoms with Gasteiger partial charge in [-0.2, -0.15) is 4.98 Å². The fraction of sp³-hybridized carbons (Fsp3) is 0.304. The number of benzene rings is 2. The number of phenols is 1. The van der Waals surface area contributed by atoms with E-state index in [2.05, 4.69) is 22.1 Å². The number of nitrogens with zero attached hydrogens (tertiary/aromatic N) is 4. The molecule has 0 fully saturated rings. The first kappa shape index (κ1) is 21.1. The number of amides is 1. The summed E-state index contributed by atoms with van der Waals surface area (Å²) in [6.45, 7) is 3.63. The molecule has 1 aliphatic heterocycles. The normalized spacial score (nSPS) is 14.9. The molecule has 0 spiro atoms. The Morgan fingerprint density at radius 2 is 1.90 bits per heavy atom. The molecule has 1 unspecified atom stereocenters. The molecule has 3 aromatic rings. The van der Waals surface area contributed by atoms with E-state index in [1.54, 1.807) is 24.3 Å². The fourth-order valence-electron chi connectivity index (χ4n) is 3.53. The SMILES string of the molecule is CCCCCSc1nnc2c(n1)OC(c1ccccc1O)N(C(C)=O)c1ccccc1-2. The van der Waals surface area contributed by atoms with E-state index >= 15 is 0 Å². The minimum atomic E-state index is -0.893. The molecule has 0 bridgehead atoms. The van der Waals surface area contributed by atoms with Crippen LogP contribution in [0.15, 0.2) is 53.7 Å². The number of para-hydroxylation sites is 2. The van der Waals surface area contributed by atoms with Gasteiger partial charge in [0.2, 0.25) is 23.2 Å². The van der Waals surface area contributed by atoms with E-state index in [-0.39, 0.29) is 17.5 Å². The van der Waals surface area contributed by atoms with Crippen LogP contribution in [-0.4, -0.2) is 31.9 Å². The Labute approximate surface area is 185 Å². The summed E-state index contributed by atoms with van der Waals surface area (Å²) in [6, 6.07) is 14.2. The number of thioether (sulfide) groups is 1. The Balaban J connectivity index is 1.82. The number of ether oxygens (including phenoxy) is 1. The van der Waals surface area contributed by atoms with Gasteiger partial charge in [-0.05, 0) is 24.6 Å². The molecule has 31 heavy (non-hydrogen) atoms. The third kappa shape index (κ3) is 4.34. The number of carbonyl (C=O) groups is 1. The van der Waals surface area contributed by atoms with Crippen molar-refractivity contribution in [1.82, 2.24) is 15.2 Å². The van der Waals surface area contributed by atoms with Gasteiger partial charge in [0.05, 0.1) is 11.3 Å². The number of hydrogen-bond acceptors (Lipinski definition) is 7. The molecular weight excluding hydrogens is 412 g/mol. The number of phenolic OH excluding ortho intramolecular Hbond substituents is 1. The van der Waals surface area contributed by atoms with Gasteiger partial charge in [0, 0.05) is 18.2 Å². The second-order valence-corrected chi connectivity index (χ2v) is 8.30. The van der Waals surface area contributed by atoms with Crippen molar-refractivity contribution in [1.29, 1.82) is 0 Å². The van der Waals surface area contributed by atoms with E-state index < -0.39 is 6.23 Å². The van der Waals surface area contributed by atoms with Crippen LogP contribution in [0.2, 0.25) is 0 Å². The first-order valence-electron chi connectivity index (χ1n) is 10.3. The molecule has 0 saturated carbocycles. The highest BCUT2D eigenvalue weighted by atomic mass is 32.2. The predicted octanol–water partition coefficient (Wildman–Crippen LogP) is 4.97. The summed E-state index contributed by atoms with van der Waals surface area (Å²) in [5.74, 6) is 0.997. The highest BCUT2D eigenvalue weighted by Crippen LogP contribution is 2.44. The molecule has 2 heterocycles. The average Bonchev–Trinajstić information content (AvgIpc) is 2.91. The van der Waals surface area contributed by atoms with E-state index in [0.29, 0.717) is 27.7 Å². The van der Waals surface area contributed by atoms with Crippen LogP contribution in [-0.2, 0) is 4.79 Å². The van der Waals surface area contributed by atoms with Crippen molar-refractivity contribution in [3.63, 3.8) is 0 Å². The lowest BCUT2D eigenvalue weighted by molar-refractivity contribution is -0.118. The highest BCUT2D eigenvalue weighted by Gasteiger charge is 2.35. The van der Waals surface area contributed by atoms with E-state index in [1.807, 2.05) is 24.3 Å². The number of carbonyl (C=O) groups excluding carboxylic acids is 1. The number of aromatic hydroxyl groups is 1. The quantitative estimate of drug-likeness (QED) is 0.431. The van der Waals surface area contributed by atoms with Crippen molar-refractivity contribution in [3.05, 3.63) is 54.1 Å². The average molecular weight is 437 g/mol. The monoisotopic (exact) mass is 436 g/mol. The zero-order valence-electron chi connectivity index (χ0n) is 17.5. The molecule has 1 aromatic heterocycles. The Kier molecular flexibility index (Phi) is 6.36. The smallest absolute Gasteiger partial charge is 0.247 e. The number of aromatic nitrogens is 3. The summed E-state index contributed by atoms with van der Waals surface area (Å²) in [5.41, 5.74) is 2.27. The lowest BCUT2D eigenvalue weighted by Crippen LogP contribution is -2.36. The fourth-order valence-corrected chi connectivity index (χ4v) is 4.31. The largest absolute Gasteiger partial charge is 0.507 e. The standard InChI is InChI=1S/C23H24N4O3S/c1-3-4-9-14-31-23-24-21-20(25-26-23)16-10-5-7-12-18(16)27(15(2)28)22(30-21)17-11-6-8-13-19(17)29/h5-8,10-13,22,29H,3-4,9,14H2,1-2H3. The van der Waals surface area contributed by atoms with Crippen LogP contribution in [0.5, 0.6) is 11.6 Å². The number of rotatable bonds is 6. The zero-order valence-corrected chi connectivity index (χ0v) is 18.3. The van der Waals surface area contributed by atoms with Crippen LogP contribution < -0.4 is 9.64 Å². The van der Waals surface area contributed by atoms with Crippen LogP contribution in [0.3, 0.4) is 0 Å². The van der Waals surface area contributed by atoms with Crippen LogP contribution in [0.25, 0.3) is 11.3 Å². The minimum Gasteiger partial charge on any atom is -0.507 e. The molecule has 1 atom stereocenters. The Morgan fingerprint density at radius 3 is 2.68 bits per heavy atom.